The molecular formula is C36H22BNO2. The highest BCUT2D eigenvalue weighted by molar-refractivity contribution is 6.99. The van der Waals surface area contributed by atoms with Crippen LogP contribution in [0.25, 0.3) is 33.1 Å². The van der Waals surface area contributed by atoms with Gasteiger partial charge in [-0.2, -0.15) is 0 Å². The zero-order chi connectivity index (χ0) is 26.2. The van der Waals surface area contributed by atoms with Crippen LogP contribution in [-0.2, 0) is 0 Å². The second-order valence-electron chi connectivity index (χ2n) is 10.5. The molecule has 0 atom stereocenters. The molecular weight excluding hydrogens is 489 g/mol. The van der Waals surface area contributed by atoms with Gasteiger partial charge in [-0.1, -0.05) is 91.0 Å². The van der Waals surface area contributed by atoms with Crippen molar-refractivity contribution in [1.29, 1.82) is 0 Å². The number of nitrogens with zero attached hydrogens (tertiary/aromatic N) is 1. The molecule has 0 aliphatic carbocycles. The van der Waals surface area contributed by atoms with Crippen LogP contribution in [0.15, 0.2) is 138 Å². The van der Waals surface area contributed by atoms with Gasteiger partial charge in [0.15, 0.2) is 0 Å². The lowest BCUT2D eigenvalue weighted by Crippen LogP contribution is -2.59. The van der Waals surface area contributed by atoms with E-state index < -0.39 is 0 Å². The maximum absolute atomic E-state index is 6.49. The molecule has 0 saturated carbocycles. The summed E-state index contributed by atoms with van der Waals surface area (Å²) in [6.07, 6.45) is 0. The lowest BCUT2D eigenvalue weighted by molar-refractivity contribution is 0.487. The van der Waals surface area contributed by atoms with Gasteiger partial charge in [0.2, 0.25) is 0 Å². The van der Waals surface area contributed by atoms with E-state index in [4.69, 9.17) is 9.15 Å². The zero-order valence-electron chi connectivity index (χ0n) is 21.5. The van der Waals surface area contributed by atoms with E-state index in [1.165, 1.54) is 22.1 Å². The molecule has 3 heterocycles. The SMILES string of the molecule is c1ccc2c(c1)Oc1cccc3c1B2c1ccccc1N3c1ccccc1-c1cccc2oc3ccccc3c12. The average Bonchev–Trinajstić information content (AvgIpc) is 3.40. The van der Waals surface area contributed by atoms with Gasteiger partial charge in [0.05, 0.1) is 5.69 Å². The fourth-order valence-corrected chi connectivity index (χ4v) is 6.74. The van der Waals surface area contributed by atoms with Gasteiger partial charge in [-0.15, -0.1) is 0 Å². The molecule has 7 aromatic rings. The number of para-hydroxylation sites is 4. The van der Waals surface area contributed by atoms with Gasteiger partial charge in [-0.05, 0) is 64.4 Å². The molecule has 4 heteroatoms. The minimum absolute atomic E-state index is 0.108. The van der Waals surface area contributed by atoms with E-state index in [1.807, 2.05) is 18.2 Å². The van der Waals surface area contributed by atoms with Crippen molar-refractivity contribution in [2.45, 2.75) is 0 Å². The molecule has 2 aliphatic heterocycles. The lowest BCUT2D eigenvalue weighted by atomic mass is 9.34. The first-order valence-corrected chi connectivity index (χ1v) is 13.7. The molecule has 2 aliphatic rings. The van der Waals surface area contributed by atoms with Crippen molar-refractivity contribution in [3.05, 3.63) is 133 Å². The zero-order valence-corrected chi connectivity index (χ0v) is 21.5. The standard InChI is InChI=1S/C36H22BNO2/c1-5-16-28(23(11-1)24-13-9-21-33-35(24)25-12-2-7-19-31(25)39-33)38-29-17-6-3-14-26(29)37-27-15-4-8-20-32(27)40-34-22-10-18-30(38)36(34)37/h1-22H. The van der Waals surface area contributed by atoms with Gasteiger partial charge in [-0.25, -0.2) is 0 Å². The van der Waals surface area contributed by atoms with Crippen LogP contribution in [0.1, 0.15) is 0 Å². The van der Waals surface area contributed by atoms with E-state index in [2.05, 4.69) is 120 Å². The van der Waals surface area contributed by atoms with E-state index >= 15 is 0 Å². The smallest absolute Gasteiger partial charge is 0.256 e. The van der Waals surface area contributed by atoms with Crippen LogP contribution in [0.4, 0.5) is 17.1 Å². The predicted molar refractivity (Wildman–Crippen MR) is 165 cm³/mol. The lowest BCUT2D eigenvalue weighted by Gasteiger charge is -2.40. The third kappa shape index (κ3) is 2.90. The van der Waals surface area contributed by atoms with Crippen molar-refractivity contribution in [2.75, 3.05) is 4.90 Å². The van der Waals surface area contributed by atoms with Crippen LogP contribution in [0, 0.1) is 0 Å². The molecule has 0 radical (unpaired) electrons. The molecule has 9 rings (SSSR count). The Morgan fingerprint density at radius 3 is 2.08 bits per heavy atom. The van der Waals surface area contributed by atoms with E-state index in [-0.39, 0.29) is 6.71 Å². The number of anilines is 3. The van der Waals surface area contributed by atoms with Crippen molar-refractivity contribution in [3.63, 3.8) is 0 Å². The summed E-state index contributed by atoms with van der Waals surface area (Å²) in [6, 6.07) is 47.0. The van der Waals surface area contributed by atoms with Gasteiger partial charge in [0.1, 0.15) is 22.7 Å². The minimum Gasteiger partial charge on any atom is -0.458 e. The number of rotatable bonds is 2. The Labute approximate surface area is 232 Å². The first-order valence-electron chi connectivity index (χ1n) is 13.7. The molecule has 1 aromatic heterocycles. The van der Waals surface area contributed by atoms with Crippen LogP contribution in [-0.4, -0.2) is 6.71 Å². The Kier molecular flexibility index (Phi) is 4.41. The Bertz CT molecular complexity index is 2130. The van der Waals surface area contributed by atoms with Gasteiger partial charge in [0, 0.05) is 27.7 Å². The predicted octanol–water partition coefficient (Wildman–Crippen LogP) is 7.66. The fraction of sp³-hybridized carbons (Fsp3) is 0. The highest BCUT2D eigenvalue weighted by Gasteiger charge is 2.41. The van der Waals surface area contributed by atoms with E-state index in [0.717, 1.165) is 55.9 Å². The summed E-state index contributed by atoms with van der Waals surface area (Å²) in [4.78, 5) is 2.42. The van der Waals surface area contributed by atoms with E-state index in [0.29, 0.717) is 0 Å². The molecule has 0 amide bonds. The van der Waals surface area contributed by atoms with Crippen LogP contribution < -0.4 is 26.0 Å². The Morgan fingerprint density at radius 1 is 0.475 bits per heavy atom. The monoisotopic (exact) mass is 511 g/mol. The summed E-state index contributed by atoms with van der Waals surface area (Å²) >= 11 is 0. The molecule has 186 valence electrons. The van der Waals surface area contributed by atoms with Crippen LogP contribution in [0.5, 0.6) is 11.5 Å². The number of hydrogen-bond acceptors (Lipinski definition) is 3. The quantitative estimate of drug-likeness (QED) is 0.223. The Hall–Kier alpha value is -5.22. The molecule has 0 bridgehead atoms. The largest absolute Gasteiger partial charge is 0.458 e. The average molecular weight is 511 g/mol. The number of fused-ring (bicyclic) bond motifs is 7. The first-order chi connectivity index (χ1) is 19.9. The minimum atomic E-state index is 0.108. The fourth-order valence-electron chi connectivity index (χ4n) is 6.74. The molecule has 3 nitrogen and oxygen atoms in total. The van der Waals surface area contributed by atoms with Gasteiger partial charge in [0.25, 0.3) is 6.71 Å². The third-order valence-corrected chi connectivity index (χ3v) is 8.35. The van der Waals surface area contributed by atoms with Crippen LogP contribution >= 0.6 is 0 Å². The summed E-state index contributed by atoms with van der Waals surface area (Å²) in [6.45, 7) is 0.108. The van der Waals surface area contributed by atoms with Crippen molar-refractivity contribution >= 4 is 62.1 Å². The van der Waals surface area contributed by atoms with E-state index in [9.17, 15) is 0 Å². The maximum atomic E-state index is 6.49. The summed E-state index contributed by atoms with van der Waals surface area (Å²) in [5.41, 5.74) is 11.3. The number of benzene rings is 6. The molecule has 40 heavy (non-hydrogen) atoms. The molecule has 0 saturated heterocycles. The van der Waals surface area contributed by atoms with Crippen molar-refractivity contribution in [3.8, 4) is 22.6 Å². The second kappa shape index (κ2) is 8.14. The van der Waals surface area contributed by atoms with Crippen LogP contribution in [0.2, 0.25) is 0 Å². The first kappa shape index (κ1) is 21.7. The van der Waals surface area contributed by atoms with Crippen LogP contribution in [0.3, 0.4) is 0 Å². The summed E-state index contributed by atoms with van der Waals surface area (Å²) in [7, 11) is 0. The Balaban J connectivity index is 1.34. The summed E-state index contributed by atoms with van der Waals surface area (Å²) in [5, 5.41) is 2.27. The maximum Gasteiger partial charge on any atom is 0.256 e. The van der Waals surface area contributed by atoms with E-state index in [1.54, 1.807) is 0 Å². The molecule has 0 unspecified atom stereocenters. The highest BCUT2D eigenvalue weighted by Crippen LogP contribution is 2.46. The molecule has 0 N–H and O–H groups in total. The second-order valence-corrected chi connectivity index (χ2v) is 10.5. The molecule has 0 spiro atoms. The third-order valence-electron chi connectivity index (χ3n) is 8.35. The number of hydrogen-bond donors (Lipinski definition) is 0. The number of ether oxygens (including phenoxy) is 1. The summed E-state index contributed by atoms with van der Waals surface area (Å²) < 4.78 is 12.8. The highest BCUT2D eigenvalue weighted by atomic mass is 16.5. The number of furan rings is 1. The van der Waals surface area contributed by atoms with Gasteiger partial charge < -0.3 is 14.1 Å². The van der Waals surface area contributed by atoms with Crippen molar-refractivity contribution in [1.82, 2.24) is 0 Å². The normalized spacial score (nSPS) is 13.1. The molecule has 6 aromatic carbocycles. The topological polar surface area (TPSA) is 25.6 Å². The van der Waals surface area contributed by atoms with Crippen molar-refractivity contribution < 1.29 is 9.15 Å². The van der Waals surface area contributed by atoms with Crippen molar-refractivity contribution in [2.24, 2.45) is 0 Å². The summed E-state index contributed by atoms with van der Waals surface area (Å²) in [5.74, 6) is 1.85. The Morgan fingerprint density at radius 2 is 1.12 bits per heavy atom. The van der Waals surface area contributed by atoms with Gasteiger partial charge in [-0.3, -0.25) is 0 Å². The molecule has 0 fully saturated rings. The van der Waals surface area contributed by atoms with Gasteiger partial charge >= 0.3 is 0 Å².